The highest BCUT2D eigenvalue weighted by Crippen LogP contribution is 2.29. The number of hydrogen-bond acceptors (Lipinski definition) is 5. The van der Waals surface area contributed by atoms with Gasteiger partial charge in [0.25, 0.3) is 11.5 Å². The topological polar surface area (TPSA) is 69.3 Å². The van der Waals surface area contributed by atoms with E-state index in [1.807, 2.05) is 46.0 Å². The smallest absolute Gasteiger partial charge is 0.270 e. The second-order valence-corrected chi connectivity index (χ2v) is 7.29. The monoisotopic (exact) mass is 378 g/mol. The number of aromatic nitrogens is 1. The van der Waals surface area contributed by atoms with Crippen molar-refractivity contribution in [2.45, 2.75) is 0 Å². The Morgan fingerprint density at radius 2 is 1.89 bits per heavy atom. The zero-order valence-corrected chi connectivity index (χ0v) is 15.7. The predicted octanol–water partition coefficient (Wildman–Crippen LogP) is 2.43. The molecule has 1 saturated heterocycles. The van der Waals surface area contributed by atoms with Crippen LogP contribution in [0.5, 0.6) is 0 Å². The van der Waals surface area contributed by atoms with Gasteiger partial charge in [-0.3, -0.25) is 9.59 Å². The third-order valence-corrected chi connectivity index (χ3v) is 5.72. The van der Waals surface area contributed by atoms with E-state index < -0.39 is 0 Å². The molecule has 0 unspecified atom stereocenters. The van der Waals surface area contributed by atoms with E-state index in [4.69, 9.17) is 0 Å². The van der Waals surface area contributed by atoms with Gasteiger partial charge in [0.05, 0.1) is 16.8 Å². The zero-order valence-electron chi connectivity index (χ0n) is 14.9. The Labute approximate surface area is 160 Å². The second-order valence-electron chi connectivity index (χ2n) is 6.51. The molecule has 0 aliphatic carbocycles. The summed E-state index contributed by atoms with van der Waals surface area (Å²) in [6, 6.07) is 11.6. The van der Waals surface area contributed by atoms with Crippen molar-refractivity contribution in [3.8, 4) is 6.07 Å². The van der Waals surface area contributed by atoms with Crippen molar-refractivity contribution in [3.05, 3.63) is 62.6 Å². The van der Waals surface area contributed by atoms with Gasteiger partial charge in [-0.1, -0.05) is 18.2 Å². The summed E-state index contributed by atoms with van der Waals surface area (Å²) in [6.07, 6.45) is 0. The molecule has 136 valence electrons. The summed E-state index contributed by atoms with van der Waals surface area (Å²) in [4.78, 5) is 29.1. The Hall–Kier alpha value is -3.11. The summed E-state index contributed by atoms with van der Waals surface area (Å²) >= 11 is 1.51. The van der Waals surface area contributed by atoms with Crippen LogP contribution in [-0.2, 0) is 7.05 Å². The van der Waals surface area contributed by atoms with Crippen LogP contribution in [0, 0.1) is 11.3 Å². The number of thiophene rings is 1. The van der Waals surface area contributed by atoms with Crippen molar-refractivity contribution in [2.75, 3.05) is 31.1 Å². The number of rotatable bonds is 2. The van der Waals surface area contributed by atoms with E-state index in [-0.39, 0.29) is 17.0 Å². The lowest BCUT2D eigenvalue weighted by Gasteiger charge is -2.37. The van der Waals surface area contributed by atoms with Crippen molar-refractivity contribution < 1.29 is 4.79 Å². The van der Waals surface area contributed by atoms with Gasteiger partial charge < -0.3 is 14.4 Å². The lowest BCUT2D eigenvalue weighted by atomic mass is 10.1. The first-order chi connectivity index (χ1) is 13.1. The highest BCUT2D eigenvalue weighted by Gasteiger charge is 2.26. The normalized spacial score (nSPS) is 14.4. The lowest BCUT2D eigenvalue weighted by Crippen LogP contribution is -2.49. The van der Waals surface area contributed by atoms with E-state index in [1.165, 1.54) is 15.9 Å². The molecular weight excluding hydrogens is 360 g/mol. The molecule has 1 amide bonds. The molecule has 6 nitrogen and oxygen atoms in total. The zero-order chi connectivity index (χ0) is 19.0. The van der Waals surface area contributed by atoms with Gasteiger partial charge in [-0.2, -0.15) is 16.6 Å². The number of pyridine rings is 1. The first kappa shape index (κ1) is 17.3. The number of anilines is 1. The van der Waals surface area contributed by atoms with Gasteiger partial charge in [0.1, 0.15) is 11.6 Å². The van der Waals surface area contributed by atoms with Gasteiger partial charge in [0, 0.05) is 44.0 Å². The molecule has 7 heteroatoms. The minimum atomic E-state index is -0.289. The Morgan fingerprint density at radius 1 is 1.15 bits per heavy atom. The van der Waals surface area contributed by atoms with Crippen LogP contribution in [0.25, 0.3) is 10.9 Å². The number of aryl methyl sites for hydroxylation is 1. The average molecular weight is 378 g/mol. The molecule has 1 aromatic carbocycles. The molecule has 3 heterocycles. The Morgan fingerprint density at radius 3 is 2.56 bits per heavy atom. The van der Waals surface area contributed by atoms with Crippen LogP contribution in [0.2, 0.25) is 0 Å². The maximum atomic E-state index is 12.7. The number of piperazine rings is 1. The molecular formula is C20H18N4O2S. The minimum Gasteiger partial charge on any atom is -0.366 e. The highest BCUT2D eigenvalue weighted by atomic mass is 32.1. The summed E-state index contributed by atoms with van der Waals surface area (Å²) < 4.78 is 1.52. The summed E-state index contributed by atoms with van der Waals surface area (Å²) in [7, 11) is 1.69. The fraction of sp³-hybridized carbons (Fsp3) is 0.250. The van der Waals surface area contributed by atoms with E-state index in [9.17, 15) is 14.9 Å². The lowest BCUT2D eigenvalue weighted by molar-refractivity contribution is 0.0747. The molecule has 2 aromatic heterocycles. The van der Waals surface area contributed by atoms with Gasteiger partial charge in [0.15, 0.2) is 0 Å². The molecule has 0 saturated carbocycles. The standard InChI is InChI=1S/C20H18N4O2S/c1-22-17-5-3-2-4-15(17)18(16(12-21)20(22)26)23-7-9-24(10-8-23)19(25)14-6-11-27-13-14/h2-6,11,13H,7-10H2,1H3. The van der Waals surface area contributed by atoms with Crippen molar-refractivity contribution >= 4 is 33.8 Å². The van der Waals surface area contributed by atoms with Crippen LogP contribution < -0.4 is 10.5 Å². The summed E-state index contributed by atoms with van der Waals surface area (Å²) in [5.74, 6) is 0.0326. The Balaban J connectivity index is 1.68. The van der Waals surface area contributed by atoms with Crippen LogP contribution in [0.1, 0.15) is 15.9 Å². The van der Waals surface area contributed by atoms with Crippen LogP contribution in [0.3, 0.4) is 0 Å². The third-order valence-electron chi connectivity index (χ3n) is 5.04. The van der Waals surface area contributed by atoms with Crippen molar-refractivity contribution in [2.24, 2.45) is 7.05 Å². The number of carbonyl (C=O) groups excluding carboxylic acids is 1. The maximum Gasteiger partial charge on any atom is 0.270 e. The second kappa shape index (κ2) is 6.89. The fourth-order valence-electron chi connectivity index (χ4n) is 3.61. The third kappa shape index (κ3) is 2.88. The molecule has 0 atom stereocenters. The van der Waals surface area contributed by atoms with Crippen LogP contribution in [-0.4, -0.2) is 41.6 Å². The molecule has 27 heavy (non-hydrogen) atoms. The number of benzene rings is 1. The highest BCUT2D eigenvalue weighted by molar-refractivity contribution is 7.08. The van der Waals surface area contributed by atoms with Gasteiger partial charge in [-0.15, -0.1) is 0 Å². The first-order valence-corrected chi connectivity index (χ1v) is 9.64. The molecule has 1 aliphatic heterocycles. The number of hydrogen-bond donors (Lipinski definition) is 0. The SMILES string of the molecule is Cn1c(=O)c(C#N)c(N2CCN(C(=O)c3ccsc3)CC2)c2ccccc21. The predicted molar refractivity (Wildman–Crippen MR) is 106 cm³/mol. The molecule has 4 rings (SSSR count). The molecule has 0 bridgehead atoms. The van der Waals surface area contributed by atoms with Crippen molar-refractivity contribution in [1.82, 2.24) is 9.47 Å². The van der Waals surface area contributed by atoms with Gasteiger partial charge in [-0.05, 0) is 17.5 Å². The van der Waals surface area contributed by atoms with E-state index in [0.717, 1.165) is 10.9 Å². The molecule has 1 aliphatic rings. The quantitative estimate of drug-likeness (QED) is 0.687. The van der Waals surface area contributed by atoms with E-state index in [1.54, 1.807) is 7.05 Å². The van der Waals surface area contributed by atoms with Crippen LogP contribution >= 0.6 is 11.3 Å². The summed E-state index contributed by atoms with van der Waals surface area (Å²) in [6.45, 7) is 2.29. The van der Waals surface area contributed by atoms with E-state index in [2.05, 4.69) is 11.0 Å². The molecule has 3 aromatic rings. The average Bonchev–Trinajstić information content (AvgIpc) is 3.25. The van der Waals surface area contributed by atoms with Crippen molar-refractivity contribution in [1.29, 1.82) is 5.26 Å². The number of amides is 1. The Kier molecular flexibility index (Phi) is 4.42. The van der Waals surface area contributed by atoms with Crippen molar-refractivity contribution in [3.63, 3.8) is 0 Å². The number of nitriles is 1. The first-order valence-electron chi connectivity index (χ1n) is 8.70. The van der Waals surface area contributed by atoms with E-state index in [0.29, 0.717) is 37.4 Å². The molecule has 1 fully saturated rings. The molecule has 0 spiro atoms. The number of fused-ring (bicyclic) bond motifs is 1. The van der Waals surface area contributed by atoms with E-state index >= 15 is 0 Å². The van der Waals surface area contributed by atoms with Crippen LogP contribution in [0.15, 0.2) is 45.9 Å². The fourth-order valence-corrected chi connectivity index (χ4v) is 4.24. The maximum absolute atomic E-state index is 12.7. The number of para-hydroxylation sites is 1. The van der Waals surface area contributed by atoms with Gasteiger partial charge in [-0.25, -0.2) is 0 Å². The molecule has 0 N–H and O–H groups in total. The minimum absolute atomic E-state index is 0.0326. The summed E-state index contributed by atoms with van der Waals surface area (Å²) in [5.41, 5.74) is 2.06. The van der Waals surface area contributed by atoms with Gasteiger partial charge in [0.2, 0.25) is 0 Å². The summed E-state index contributed by atoms with van der Waals surface area (Å²) in [5, 5.41) is 14.3. The number of carbonyl (C=O) groups is 1. The number of nitrogens with zero attached hydrogens (tertiary/aromatic N) is 4. The molecule has 0 radical (unpaired) electrons. The largest absolute Gasteiger partial charge is 0.366 e. The van der Waals surface area contributed by atoms with Crippen LogP contribution in [0.4, 0.5) is 5.69 Å². The Bertz CT molecular complexity index is 1100. The van der Waals surface area contributed by atoms with Gasteiger partial charge >= 0.3 is 0 Å².